The standard InChI is InChI=1S/C8H12O4.C2H6O/c9-7(10)5-3-1-2-4-6(5)8(11)12;1-3-2/h5-6H,1-4H2,(H,9,10)(H,11,12);1-2H3. The van der Waals surface area contributed by atoms with Gasteiger partial charge in [-0.25, -0.2) is 0 Å². The number of carbonyl (C=O) groups is 2. The first kappa shape index (κ1) is 13.9. The minimum absolute atomic E-state index is 0.506. The van der Waals surface area contributed by atoms with Crippen LogP contribution in [0.4, 0.5) is 0 Å². The van der Waals surface area contributed by atoms with Gasteiger partial charge in [0.15, 0.2) is 0 Å². The lowest BCUT2D eigenvalue weighted by molar-refractivity contribution is -0.155. The fourth-order valence-electron chi connectivity index (χ4n) is 1.72. The summed E-state index contributed by atoms with van der Waals surface area (Å²) >= 11 is 0. The summed E-state index contributed by atoms with van der Waals surface area (Å²) in [5, 5.41) is 17.4. The molecule has 0 aromatic carbocycles. The highest BCUT2D eigenvalue weighted by Gasteiger charge is 2.35. The summed E-state index contributed by atoms with van der Waals surface area (Å²) in [6.07, 6.45) is 2.68. The topological polar surface area (TPSA) is 83.8 Å². The van der Waals surface area contributed by atoms with Crippen LogP contribution >= 0.6 is 0 Å². The summed E-state index contributed by atoms with van der Waals surface area (Å²) in [4.78, 5) is 21.2. The van der Waals surface area contributed by atoms with Crippen molar-refractivity contribution in [3.8, 4) is 0 Å². The predicted molar refractivity (Wildman–Crippen MR) is 53.7 cm³/mol. The summed E-state index contributed by atoms with van der Waals surface area (Å²) in [7, 11) is 3.25. The molecular weight excluding hydrogens is 200 g/mol. The molecule has 2 N–H and O–H groups in total. The third-order valence-corrected chi connectivity index (χ3v) is 2.40. The van der Waals surface area contributed by atoms with Crippen molar-refractivity contribution in [3.05, 3.63) is 0 Å². The molecule has 0 saturated heterocycles. The first-order chi connectivity index (χ1) is 7.04. The zero-order valence-electron chi connectivity index (χ0n) is 9.10. The Balaban J connectivity index is 0.000000583. The van der Waals surface area contributed by atoms with E-state index >= 15 is 0 Å². The number of methoxy groups -OCH3 is 1. The molecule has 0 aromatic rings. The third kappa shape index (κ3) is 4.78. The van der Waals surface area contributed by atoms with Gasteiger partial charge in [0, 0.05) is 14.2 Å². The molecule has 1 fully saturated rings. The molecule has 1 saturated carbocycles. The molecule has 0 aromatic heterocycles. The fourth-order valence-corrected chi connectivity index (χ4v) is 1.72. The van der Waals surface area contributed by atoms with Crippen LogP contribution in [0.3, 0.4) is 0 Å². The maximum Gasteiger partial charge on any atom is 0.307 e. The van der Waals surface area contributed by atoms with Crippen molar-refractivity contribution in [1.29, 1.82) is 0 Å². The first-order valence-electron chi connectivity index (χ1n) is 4.90. The molecule has 0 aliphatic heterocycles. The summed E-state index contributed by atoms with van der Waals surface area (Å²) in [6.45, 7) is 0. The van der Waals surface area contributed by atoms with Crippen molar-refractivity contribution in [2.75, 3.05) is 14.2 Å². The van der Waals surface area contributed by atoms with Crippen LogP contribution in [0.15, 0.2) is 0 Å². The normalized spacial score (nSPS) is 24.9. The number of aliphatic carboxylic acids is 2. The molecule has 1 aliphatic carbocycles. The van der Waals surface area contributed by atoms with Gasteiger partial charge in [-0.15, -0.1) is 0 Å². The van der Waals surface area contributed by atoms with Crippen LogP contribution in [-0.2, 0) is 14.3 Å². The molecule has 0 bridgehead atoms. The van der Waals surface area contributed by atoms with E-state index in [0.29, 0.717) is 12.8 Å². The Morgan fingerprint density at radius 1 is 1.00 bits per heavy atom. The quantitative estimate of drug-likeness (QED) is 0.728. The van der Waals surface area contributed by atoms with Crippen LogP contribution in [0.25, 0.3) is 0 Å². The Labute approximate surface area is 89.0 Å². The van der Waals surface area contributed by atoms with Crippen molar-refractivity contribution in [2.24, 2.45) is 11.8 Å². The number of hydrogen-bond acceptors (Lipinski definition) is 3. The van der Waals surface area contributed by atoms with Crippen LogP contribution in [0.1, 0.15) is 25.7 Å². The van der Waals surface area contributed by atoms with Gasteiger partial charge in [-0.05, 0) is 12.8 Å². The number of hydrogen-bond donors (Lipinski definition) is 2. The van der Waals surface area contributed by atoms with Gasteiger partial charge < -0.3 is 14.9 Å². The van der Waals surface area contributed by atoms with Crippen LogP contribution < -0.4 is 0 Å². The third-order valence-electron chi connectivity index (χ3n) is 2.40. The molecule has 5 nitrogen and oxygen atoms in total. The number of carboxylic acid groups (broad SMARTS) is 2. The monoisotopic (exact) mass is 218 g/mol. The van der Waals surface area contributed by atoms with Crippen molar-refractivity contribution < 1.29 is 24.5 Å². The lowest BCUT2D eigenvalue weighted by Gasteiger charge is -2.24. The van der Waals surface area contributed by atoms with E-state index in [1.165, 1.54) is 0 Å². The second kappa shape index (κ2) is 7.23. The van der Waals surface area contributed by atoms with Gasteiger partial charge in [0.25, 0.3) is 0 Å². The molecule has 0 radical (unpaired) electrons. The molecule has 0 amide bonds. The van der Waals surface area contributed by atoms with E-state index < -0.39 is 23.8 Å². The first-order valence-corrected chi connectivity index (χ1v) is 4.90. The van der Waals surface area contributed by atoms with E-state index in [1.807, 2.05) is 0 Å². The molecule has 15 heavy (non-hydrogen) atoms. The Hall–Kier alpha value is -1.10. The predicted octanol–water partition coefficient (Wildman–Crippen LogP) is 1.22. The van der Waals surface area contributed by atoms with Gasteiger partial charge in [-0.3, -0.25) is 9.59 Å². The Bertz CT molecular complexity index is 192. The van der Waals surface area contributed by atoms with Crippen molar-refractivity contribution >= 4 is 11.9 Å². The molecular formula is C10H18O5. The Kier molecular flexibility index (Phi) is 6.70. The van der Waals surface area contributed by atoms with Crippen LogP contribution in [0.2, 0.25) is 0 Å². The summed E-state index contributed by atoms with van der Waals surface area (Å²) in [5.74, 6) is -3.28. The zero-order valence-corrected chi connectivity index (χ0v) is 9.10. The largest absolute Gasteiger partial charge is 0.481 e. The van der Waals surface area contributed by atoms with Gasteiger partial charge in [-0.1, -0.05) is 12.8 Å². The molecule has 2 unspecified atom stereocenters. The Morgan fingerprint density at radius 2 is 1.27 bits per heavy atom. The Morgan fingerprint density at radius 3 is 1.47 bits per heavy atom. The van der Waals surface area contributed by atoms with E-state index in [1.54, 1.807) is 14.2 Å². The maximum absolute atomic E-state index is 10.6. The molecule has 2 atom stereocenters. The fraction of sp³-hybridized carbons (Fsp3) is 0.800. The highest BCUT2D eigenvalue weighted by atomic mass is 16.4. The van der Waals surface area contributed by atoms with Crippen LogP contribution in [0.5, 0.6) is 0 Å². The minimum atomic E-state index is -0.970. The SMILES string of the molecule is COC.O=C(O)C1CCCCC1C(=O)O. The van der Waals surface area contributed by atoms with E-state index in [2.05, 4.69) is 4.74 Å². The highest BCUT2D eigenvalue weighted by Crippen LogP contribution is 2.30. The lowest BCUT2D eigenvalue weighted by Crippen LogP contribution is -2.32. The summed E-state index contributed by atoms with van der Waals surface area (Å²) < 4.78 is 4.25. The van der Waals surface area contributed by atoms with Gasteiger partial charge in [0.05, 0.1) is 11.8 Å². The average molecular weight is 218 g/mol. The second-order valence-corrected chi connectivity index (χ2v) is 3.58. The van der Waals surface area contributed by atoms with Crippen molar-refractivity contribution in [2.45, 2.75) is 25.7 Å². The lowest BCUT2D eigenvalue weighted by atomic mass is 9.79. The van der Waals surface area contributed by atoms with E-state index in [4.69, 9.17) is 10.2 Å². The van der Waals surface area contributed by atoms with Gasteiger partial charge in [-0.2, -0.15) is 0 Å². The molecule has 1 aliphatic rings. The van der Waals surface area contributed by atoms with Crippen LogP contribution in [-0.4, -0.2) is 36.4 Å². The van der Waals surface area contributed by atoms with Gasteiger partial charge in [0.1, 0.15) is 0 Å². The molecule has 5 heteroatoms. The number of rotatable bonds is 2. The van der Waals surface area contributed by atoms with Gasteiger partial charge in [0.2, 0.25) is 0 Å². The number of carboxylic acids is 2. The minimum Gasteiger partial charge on any atom is -0.481 e. The highest BCUT2D eigenvalue weighted by molar-refractivity contribution is 5.80. The van der Waals surface area contributed by atoms with E-state index in [-0.39, 0.29) is 0 Å². The molecule has 0 heterocycles. The van der Waals surface area contributed by atoms with Crippen molar-refractivity contribution in [3.63, 3.8) is 0 Å². The van der Waals surface area contributed by atoms with E-state index in [0.717, 1.165) is 12.8 Å². The van der Waals surface area contributed by atoms with Crippen LogP contribution in [0, 0.1) is 11.8 Å². The second-order valence-electron chi connectivity index (χ2n) is 3.58. The zero-order chi connectivity index (χ0) is 11.8. The van der Waals surface area contributed by atoms with E-state index in [9.17, 15) is 9.59 Å². The smallest absolute Gasteiger partial charge is 0.307 e. The maximum atomic E-state index is 10.6. The average Bonchev–Trinajstić information content (AvgIpc) is 2.19. The molecule has 1 rings (SSSR count). The summed E-state index contributed by atoms with van der Waals surface area (Å²) in [6, 6.07) is 0. The summed E-state index contributed by atoms with van der Waals surface area (Å²) in [5.41, 5.74) is 0. The molecule has 0 spiro atoms. The van der Waals surface area contributed by atoms with Gasteiger partial charge >= 0.3 is 11.9 Å². The van der Waals surface area contributed by atoms with Crippen molar-refractivity contribution in [1.82, 2.24) is 0 Å². The molecule has 88 valence electrons. The number of ether oxygens (including phenoxy) is 1.